The fourth-order valence-electron chi connectivity index (χ4n) is 6.45. The fraction of sp³-hybridized carbons (Fsp3) is 0.394. The number of fused-ring (bicyclic) bond motifs is 1. The molecule has 1 fully saturated rings. The van der Waals surface area contributed by atoms with Crippen molar-refractivity contribution in [2.45, 2.75) is 70.6 Å². The van der Waals surface area contributed by atoms with Crippen LogP contribution in [0.3, 0.4) is 0 Å². The molecule has 4 aromatic rings. The number of aromatic hydroxyl groups is 1. The highest BCUT2D eigenvalue weighted by Crippen LogP contribution is 2.34. The van der Waals surface area contributed by atoms with Crippen molar-refractivity contribution in [1.82, 2.24) is 23.9 Å². The Hall–Kier alpha value is -4.51. The number of rotatable bonds is 6. The number of aromatic nitrogens is 3. The highest BCUT2D eigenvalue weighted by molar-refractivity contribution is 5.77. The van der Waals surface area contributed by atoms with Gasteiger partial charge >= 0.3 is 11.8 Å². The van der Waals surface area contributed by atoms with Crippen LogP contribution in [0.1, 0.15) is 58.1 Å². The van der Waals surface area contributed by atoms with Crippen LogP contribution >= 0.6 is 0 Å². The quantitative estimate of drug-likeness (QED) is 0.303. The maximum absolute atomic E-state index is 14.4. The Kier molecular flexibility index (Phi) is 8.35. The second-order valence-corrected chi connectivity index (χ2v) is 12.7. The molecular weight excluding hydrogens is 565 g/mol. The van der Waals surface area contributed by atoms with Gasteiger partial charge in [0.15, 0.2) is 5.65 Å². The number of phenols is 1. The van der Waals surface area contributed by atoms with E-state index in [-0.39, 0.29) is 22.8 Å². The van der Waals surface area contributed by atoms with Gasteiger partial charge in [-0.2, -0.15) is 0 Å². The zero-order valence-electron chi connectivity index (χ0n) is 25.6. The molecule has 2 heterocycles. The van der Waals surface area contributed by atoms with E-state index < -0.39 is 34.7 Å². The van der Waals surface area contributed by atoms with E-state index in [9.17, 15) is 29.0 Å². The summed E-state index contributed by atoms with van der Waals surface area (Å²) < 4.78 is 17.0. The van der Waals surface area contributed by atoms with Crippen molar-refractivity contribution >= 4 is 17.1 Å². The smallest absolute Gasteiger partial charge is 0.407 e. The summed E-state index contributed by atoms with van der Waals surface area (Å²) in [5.41, 5.74) is 1.22. The average molecular weight is 604 g/mol. The molecule has 0 radical (unpaired) electrons. The van der Waals surface area contributed by atoms with Crippen LogP contribution in [0.2, 0.25) is 0 Å². The van der Waals surface area contributed by atoms with Crippen molar-refractivity contribution in [1.29, 1.82) is 0 Å². The lowest BCUT2D eigenvalue weighted by Gasteiger charge is -2.42. The van der Waals surface area contributed by atoms with Gasteiger partial charge in [0.1, 0.15) is 11.6 Å². The summed E-state index contributed by atoms with van der Waals surface area (Å²) in [5, 5.41) is 20.0. The molecule has 2 N–H and O–H groups in total. The minimum absolute atomic E-state index is 0.0167. The first-order chi connectivity index (χ1) is 20.8. The van der Waals surface area contributed by atoms with Crippen LogP contribution in [-0.4, -0.2) is 65.9 Å². The van der Waals surface area contributed by atoms with Crippen molar-refractivity contribution in [2.24, 2.45) is 0 Å². The first-order valence-electron chi connectivity index (χ1n) is 14.7. The molecule has 0 aliphatic heterocycles. The minimum atomic E-state index is -1.00. The van der Waals surface area contributed by atoms with Gasteiger partial charge in [0.2, 0.25) is 0 Å². The topological polar surface area (TPSA) is 121 Å². The largest absolute Gasteiger partial charge is 0.508 e. The van der Waals surface area contributed by atoms with Crippen molar-refractivity contribution in [3.63, 3.8) is 0 Å². The minimum Gasteiger partial charge on any atom is -0.508 e. The number of pyridine rings is 1. The van der Waals surface area contributed by atoms with Crippen molar-refractivity contribution in [3.05, 3.63) is 86.9 Å². The molecule has 2 aromatic heterocycles. The normalized spacial score (nSPS) is 17.2. The van der Waals surface area contributed by atoms with Gasteiger partial charge in [-0.3, -0.25) is 9.36 Å². The van der Waals surface area contributed by atoms with Crippen LogP contribution in [0.4, 0.5) is 9.18 Å². The Morgan fingerprint density at radius 3 is 2.39 bits per heavy atom. The number of phenolic OH excluding ortho intramolecular Hbond substituents is 1. The number of halogens is 1. The van der Waals surface area contributed by atoms with Crippen LogP contribution in [0, 0.1) is 5.82 Å². The number of hydrogen-bond donors (Lipinski definition) is 2. The van der Waals surface area contributed by atoms with Crippen molar-refractivity contribution in [2.75, 3.05) is 14.1 Å². The third kappa shape index (κ3) is 5.96. The Bertz CT molecular complexity index is 1830. The summed E-state index contributed by atoms with van der Waals surface area (Å²) in [5.74, 6) is -0.547. The molecule has 2 aromatic carbocycles. The predicted octanol–water partition coefficient (Wildman–Crippen LogP) is 5.38. The summed E-state index contributed by atoms with van der Waals surface area (Å²) in [7, 11) is 3.86. The van der Waals surface area contributed by atoms with E-state index in [2.05, 4.69) is 4.98 Å². The lowest BCUT2D eigenvalue weighted by molar-refractivity contribution is 0.0506. The van der Waals surface area contributed by atoms with E-state index in [4.69, 9.17) is 0 Å². The van der Waals surface area contributed by atoms with Gasteiger partial charge in [-0.15, -0.1) is 0 Å². The Labute approximate surface area is 254 Å². The molecule has 0 bridgehead atoms. The summed E-state index contributed by atoms with van der Waals surface area (Å²) in [6.07, 6.45) is 1.76. The van der Waals surface area contributed by atoms with E-state index in [1.165, 1.54) is 14.0 Å². The Morgan fingerprint density at radius 1 is 1.05 bits per heavy atom. The zero-order valence-corrected chi connectivity index (χ0v) is 25.6. The van der Waals surface area contributed by atoms with Crippen LogP contribution in [-0.2, 0) is 6.54 Å². The third-order valence-corrected chi connectivity index (χ3v) is 8.21. The second-order valence-electron chi connectivity index (χ2n) is 12.7. The monoisotopic (exact) mass is 603 g/mol. The van der Waals surface area contributed by atoms with Gasteiger partial charge in [0.25, 0.3) is 5.56 Å². The first-order valence-corrected chi connectivity index (χ1v) is 14.7. The molecule has 0 atom stereocenters. The average Bonchev–Trinajstić information content (AvgIpc) is 2.93. The van der Waals surface area contributed by atoms with E-state index in [1.54, 1.807) is 24.3 Å². The zero-order chi connectivity index (χ0) is 31.9. The predicted molar refractivity (Wildman–Crippen MR) is 167 cm³/mol. The van der Waals surface area contributed by atoms with Crippen LogP contribution in [0.25, 0.3) is 27.8 Å². The maximum atomic E-state index is 14.4. The third-order valence-electron chi connectivity index (χ3n) is 8.21. The van der Waals surface area contributed by atoms with Crippen molar-refractivity contribution in [3.8, 4) is 22.6 Å². The van der Waals surface area contributed by atoms with Gasteiger partial charge in [-0.05, 0) is 108 Å². The molecule has 0 unspecified atom stereocenters. The summed E-state index contributed by atoms with van der Waals surface area (Å²) in [4.78, 5) is 47.6. The lowest BCUT2D eigenvalue weighted by atomic mass is 9.88. The number of carboxylic acid groups (broad SMARTS) is 1. The number of nitrogens with zero attached hydrogens (tertiary/aromatic N) is 5. The molecule has 11 heteroatoms. The van der Waals surface area contributed by atoms with Gasteiger partial charge in [0.05, 0.1) is 17.3 Å². The molecule has 44 heavy (non-hydrogen) atoms. The first kappa shape index (κ1) is 30.9. The summed E-state index contributed by atoms with van der Waals surface area (Å²) in [6.45, 7) is 6.10. The van der Waals surface area contributed by atoms with Crippen LogP contribution < -0.4 is 11.2 Å². The molecule has 1 aliphatic rings. The van der Waals surface area contributed by atoms with Gasteiger partial charge < -0.3 is 20.0 Å². The molecule has 232 valence electrons. The van der Waals surface area contributed by atoms with E-state index in [0.29, 0.717) is 37.9 Å². The summed E-state index contributed by atoms with van der Waals surface area (Å²) >= 11 is 0. The fourth-order valence-corrected chi connectivity index (χ4v) is 6.45. The van der Waals surface area contributed by atoms with Crippen molar-refractivity contribution < 1.29 is 19.4 Å². The molecule has 10 nitrogen and oxygen atoms in total. The highest BCUT2D eigenvalue weighted by Gasteiger charge is 2.37. The molecule has 0 saturated heterocycles. The number of benzene rings is 2. The lowest BCUT2D eigenvalue weighted by Crippen LogP contribution is -2.53. The SMILES string of the molecule is CN(C)Cc1cc(O)ccc1-c1cccc(-n2c(=O)n([C@H]3CC[C@@H](N(C(=O)O)C(C)(C)C)CC3)c(=O)c3cc(F)cnc32)c1. The Balaban J connectivity index is 1.62. The number of hydrogen-bond acceptors (Lipinski definition) is 6. The van der Waals surface area contributed by atoms with Gasteiger partial charge in [0, 0.05) is 24.2 Å². The highest BCUT2D eigenvalue weighted by atomic mass is 19.1. The molecule has 5 rings (SSSR count). The second kappa shape index (κ2) is 11.9. The molecular formula is C33H38FN5O5. The molecule has 1 amide bonds. The van der Waals surface area contributed by atoms with Gasteiger partial charge in [-0.25, -0.2) is 23.5 Å². The van der Waals surface area contributed by atoms with E-state index >= 15 is 0 Å². The molecule has 0 spiro atoms. The Morgan fingerprint density at radius 2 is 1.75 bits per heavy atom. The number of amides is 1. The van der Waals surface area contributed by atoms with Crippen LogP contribution in [0.15, 0.2) is 64.3 Å². The molecule has 1 aliphatic carbocycles. The maximum Gasteiger partial charge on any atom is 0.407 e. The van der Waals surface area contributed by atoms with Crippen LogP contribution in [0.5, 0.6) is 5.75 Å². The summed E-state index contributed by atoms with van der Waals surface area (Å²) in [6, 6.07) is 12.7. The van der Waals surface area contributed by atoms with E-state index in [1.807, 2.05) is 58.0 Å². The molecule has 1 saturated carbocycles. The van der Waals surface area contributed by atoms with E-state index in [0.717, 1.165) is 29.0 Å². The van der Waals surface area contributed by atoms with Gasteiger partial charge in [-0.1, -0.05) is 18.2 Å². The standard InChI is InChI=1S/C33H38FN5O5/c1-33(2,3)39(32(43)44)24-11-9-23(10-12-24)38-30(41)28-17-22(34)18-35-29(28)37(31(38)42)25-8-6-7-20(15-25)27-14-13-26(40)16-21(27)19-36(4)5/h6-8,13-18,23-24,40H,9-12,19H2,1-5H3,(H,43,44)/t23-,24+. The number of carbonyl (C=O) groups is 1.